The average Bonchev–Trinajstić information content (AvgIpc) is 3.06. The molecular formula is C36H41N5O4. The zero-order valence-electron chi connectivity index (χ0n) is 26.6. The molecule has 4 aromatic rings. The van der Waals surface area contributed by atoms with Gasteiger partial charge in [-0.15, -0.1) is 0 Å². The Kier molecular flexibility index (Phi) is 9.28. The largest absolute Gasteiger partial charge is 0.497 e. The molecule has 9 nitrogen and oxygen atoms in total. The number of hydrogen-bond acceptors (Lipinski definition) is 7. The Bertz CT molecular complexity index is 1630. The van der Waals surface area contributed by atoms with Gasteiger partial charge in [0, 0.05) is 37.3 Å². The van der Waals surface area contributed by atoms with E-state index in [-0.39, 0.29) is 6.03 Å². The van der Waals surface area contributed by atoms with Crippen molar-refractivity contribution in [1.82, 2.24) is 14.9 Å². The molecule has 45 heavy (non-hydrogen) atoms. The normalized spacial score (nSPS) is 15.2. The van der Waals surface area contributed by atoms with Gasteiger partial charge in [-0.05, 0) is 67.6 Å². The highest BCUT2D eigenvalue weighted by Crippen LogP contribution is 2.42. The molecule has 1 aromatic heterocycles. The average molecular weight is 608 g/mol. The predicted octanol–water partition coefficient (Wildman–Crippen LogP) is 6.24. The van der Waals surface area contributed by atoms with Crippen LogP contribution in [0.2, 0.25) is 0 Å². The Balaban J connectivity index is 1.27. The van der Waals surface area contributed by atoms with Crippen LogP contribution < -0.4 is 19.3 Å². The number of morpholine rings is 1. The number of benzene rings is 3. The summed E-state index contributed by atoms with van der Waals surface area (Å²) in [6, 6.07) is 20.0. The molecule has 0 N–H and O–H groups in total. The van der Waals surface area contributed by atoms with Crippen molar-refractivity contribution in [3.8, 4) is 11.5 Å². The van der Waals surface area contributed by atoms with Crippen molar-refractivity contribution >= 4 is 23.2 Å². The van der Waals surface area contributed by atoms with Crippen molar-refractivity contribution in [1.29, 1.82) is 0 Å². The number of anilines is 3. The second kappa shape index (κ2) is 13.7. The van der Waals surface area contributed by atoms with E-state index in [0.717, 1.165) is 73.6 Å². The van der Waals surface area contributed by atoms with Gasteiger partial charge in [-0.25, -0.2) is 19.7 Å². The quantitative estimate of drug-likeness (QED) is 0.211. The third kappa shape index (κ3) is 6.65. The van der Waals surface area contributed by atoms with E-state index < -0.39 is 0 Å². The van der Waals surface area contributed by atoms with Gasteiger partial charge in [0.15, 0.2) is 0 Å². The monoisotopic (exact) mass is 607 g/mol. The minimum absolute atomic E-state index is 0.200. The highest BCUT2D eigenvalue weighted by atomic mass is 16.5. The minimum atomic E-state index is -0.200. The highest BCUT2D eigenvalue weighted by molar-refractivity contribution is 6.11. The van der Waals surface area contributed by atoms with Crippen molar-refractivity contribution < 1.29 is 19.0 Å². The summed E-state index contributed by atoms with van der Waals surface area (Å²) in [5.41, 5.74) is 6.83. The van der Waals surface area contributed by atoms with E-state index in [9.17, 15) is 4.79 Å². The number of amides is 2. The summed E-state index contributed by atoms with van der Waals surface area (Å²) in [4.78, 5) is 30.1. The van der Waals surface area contributed by atoms with Crippen molar-refractivity contribution in [2.24, 2.45) is 0 Å². The van der Waals surface area contributed by atoms with E-state index in [1.807, 2.05) is 50.4 Å². The van der Waals surface area contributed by atoms with Crippen LogP contribution in [0.15, 0.2) is 66.9 Å². The molecule has 0 radical (unpaired) electrons. The molecule has 0 spiro atoms. The van der Waals surface area contributed by atoms with Gasteiger partial charge in [0.2, 0.25) is 0 Å². The zero-order valence-corrected chi connectivity index (χ0v) is 26.6. The van der Waals surface area contributed by atoms with Gasteiger partial charge in [-0.3, -0.25) is 9.80 Å². The number of fused-ring (bicyclic) bond motifs is 1. The van der Waals surface area contributed by atoms with Gasteiger partial charge < -0.3 is 14.2 Å². The van der Waals surface area contributed by atoms with Crippen molar-refractivity contribution in [2.75, 3.05) is 56.9 Å². The second-order valence-electron chi connectivity index (χ2n) is 11.7. The maximum absolute atomic E-state index is 14.4. The lowest BCUT2D eigenvalue weighted by Gasteiger charge is -2.37. The molecule has 1 fully saturated rings. The van der Waals surface area contributed by atoms with Crippen LogP contribution in [0.1, 0.15) is 40.1 Å². The zero-order chi connectivity index (χ0) is 31.3. The minimum Gasteiger partial charge on any atom is -0.497 e. The van der Waals surface area contributed by atoms with Gasteiger partial charge in [-0.1, -0.05) is 42.5 Å². The first-order chi connectivity index (χ1) is 21.9. The molecule has 9 heteroatoms. The Morgan fingerprint density at radius 1 is 0.911 bits per heavy atom. The predicted molar refractivity (Wildman–Crippen MR) is 176 cm³/mol. The molecule has 1 saturated heterocycles. The number of aryl methyl sites for hydroxylation is 3. The summed E-state index contributed by atoms with van der Waals surface area (Å²) in [5, 5.41) is 0. The van der Waals surface area contributed by atoms with Crippen LogP contribution in [0.4, 0.5) is 22.0 Å². The lowest BCUT2D eigenvalue weighted by molar-refractivity contribution is 0.0374. The molecule has 0 unspecified atom stereocenters. The van der Waals surface area contributed by atoms with Crippen LogP contribution in [0.5, 0.6) is 11.5 Å². The number of ether oxygens (including phenoxy) is 3. The van der Waals surface area contributed by atoms with E-state index in [1.54, 1.807) is 30.1 Å². The van der Waals surface area contributed by atoms with Crippen molar-refractivity contribution in [3.05, 3.63) is 101 Å². The number of hydrogen-bond donors (Lipinski definition) is 0. The molecular weight excluding hydrogens is 566 g/mol. The third-order valence-corrected chi connectivity index (χ3v) is 8.62. The lowest BCUT2D eigenvalue weighted by Crippen LogP contribution is -2.46. The number of carbonyl (C=O) groups is 1. The number of aromatic nitrogens is 2. The van der Waals surface area contributed by atoms with Crippen LogP contribution in [-0.2, 0) is 24.1 Å². The molecule has 0 saturated carbocycles. The van der Waals surface area contributed by atoms with Crippen LogP contribution in [0.3, 0.4) is 0 Å². The topological polar surface area (TPSA) is 80.3 Å². The summed E-state index contributed by atoms with van der Waals surface area (Å²) < 4.78 is 16.6. The van der Waals surface area contributed by atoms with E-state index in [0.29, 0.717) is 41.8 Å². The van der Waals surface area contributed by atoms with Crippen LogP contribution in [0.25, 0.3) is 0 Å². The first-order valence-electron chi connectivity index (χ1n) is 15.6. The molecule has 2 aliphatic rings. The Hall–Kier alpha value is -4.47. The van der Waals surface area contributed by atoms with E-state index >= 15 is 0 Å². The standard InChI is InChI=1S/C36H41N5O4/c1-25-7-5-8-26(2)34(25)40-24-29-23-37-33(21-28-12-10-27(11-13-28)9-6-16-39-17-19-45-20-18-39)38-35(29)41(36(40)42)31-15-14-30(43-3)22-32(31)44-4/h5,7-8,10-15,22-23H,6,9,16-21,24H2,1-4H3. The SMILES string of the molecule is COc1ccc(N2C(=O)N(c3c(C)cccc3C)Cc3cnc(Cc4ccc(CCCN5CCOCC5)cc4)nc32)c(OC)c1. The molecule has 0 atom stereocenters. The number of urea groups is 1. The lowest BCUT2D eigenvalue weighted by atomic mass is 10.0. The van der Waals surface area contributed by atoms with Gasteiger partial charge in [0.05, 0.1) is 45.4 Å². The number of nitrogens with zero attached hydrogens (tertiary/aromatic N) is 5. The van der Waals surface area contributed by atoms with Crippen molar-refractivity contribution in [3.63, 3.8) is 0 Å². The number of methoxy groups -OCH3 is 2. The fourth-order valence-corrected chi connectivity index (χ4v) is 6.20. The Morgan fingerprint density at radius 2 is 1.64 bits per heavy atom. The van der Waals surface area contributed by atoms with Gasteiger partial charge in [-0.2, -0.15) is 0 Å². The number of para-hydroxylation sites is 1. The van der Waals surface area contributed by atoms with Crippen LogP contribution in [0, 0.1) is 13.8 Å². The Morgan fingerprint density at radius 3 is 2.36 bits per heavy atom. The smallest absolute Gasteiger partial charge is 0.335 e. The van der Waals surface area contributed by atoms with E-state index in [4.69, 9.17) is 24.2 Å². The first kappa shape index (κ1) is 30.6. The molecule has 2 amide bonds. The number of rotatable bonds is 10. The number of carbonyl (C=O) groups excluding carboxylic acids is 1. The van der Waals surface area contributed by atoms with Gasteiger partial charge >= 0.3 is 6.03 Å². The van der Waals surface area contributed by atoms with Gasteiger partial charge in [0.25, 0.3) is 0 Å². The molecule has 6 rings (SSSR count). The maximum Gasteiger partial charge on any atom is 0.335 e. The fraction of sp³-hybridized carbons (Fsp3) is 0.361. The molecule has 3 aromatic carbocycles. The summed E-state index contributed by atoms with van der Waals surface area (Å²) in [6.07, 6.45) is 4.59. The first-order valence-corrected chi connectivity index (χ1v) is 15.6. The molecule has 3 heterocycles. The molecule has 2 aliphatic heterocycles. The summed E-state index contributed by atoms with van der Waals surface area (Å²) in [5.74, 6) is 2.37. The Labute approximate surface area is 265 Å². The molecule has 0 bridgehead atoms. The fourth-order valence-electron chi connectivity index (χ4n) is 6.20. The second-order valence-corrected chi connectivity index (χ2v) is 11.7. The molecule has 234 valence electrons. The van der Waals surface area contributed by atoms with E-state index in [2.05, 4.69) is 29.2 Å². The highest BCUT2D eigenvalue weighted by Gasteiger charge is 2.37. The summed E-state index contributed by atoms with van der Waals surface area (Å²) in [6.45, 7) is 9.25. The maximum atomic E-state index is 14.4. The van der Waals surface area contributed by atoms with Gasteiger partial charge in [0.1, 0.15) is 23.1 Å². The third-order valence-electron chi connectivity index (χ3n) is 8.62. The van der Waals surface area contributed by atoms with Crippen LogP contribution in [-0.4, -0.2) is 68.0 Å². The van der Waals surface area contributed by atoms with E-state index in [1.165, 1.54) is 5.56 Å². The molecule has 0 aliphatic carbocycles. The summed E-state index contributed by atoms with van der Waals surface area (Å²) in [7, 11) is 3.20. The van der Waals surface area contributed by atoms with Crippen molar-refractivity contribution in [2.45, 2.75) is 39.7 Å². The summed E-state index contributed by atoms with van der Waals surface area (Å²) >= 11 is 0. The van der Waals surface area contributed by atoms with Crippen LogP contribution >= 0.6 is 0 Å².